The SMILES string of the molecule is Cc1noc([C@]23C[C@H](NC(=O)CCc4c(C)noc4C)CC2CN(S(C)(=O)=O)C3)n1. The van der Waals surface area contributed by atoms with Gasteiger partial charge in [-0.15, -0.1) is 0 Å². The number of carbonyl (C=O) groups excluding carboxylic acids is 1. The van der Waals surface area contributed by atoms with E-state index in [4.69, 9.17) is 9.05 Å². The normalized spacial score (nSPS) is 26.8. The lowest BCUT2D eigenvalue weighted by Gasteiger charge is -2.24. The molecule has 10 nitrogen and oxygen atoms in total. The van der Waals surface area contributed by atoms with Gasteiger partial charge in [-0.25, -0.2) is 12.7 Å². The van der Waals surface area contributed by atoms with Gasteiger partial charge in [0, 0.05) is 31.1 Å². The molecule has 164 valence electrons. The zero-order valence-electron chi connectivity index (χ0n) is 17.6. The summed E-state index contributed by atoms with van der Waals surface area (Å²) in [5, 5.41) is 10.9. The average molecular weight is 438 g/mol. The summed E-state index contributed by atoms with van der Waals surface area (Å²) < 4.78 is 36.4. The van der Waals surface area contributed by atoms with Crippen LogP contribution in [-0.4, -0.2) is 59.3 Å². The molecule has 30 heavy (non-hydrogen) atoms. The largest absolute Gasteiger partial charge is 0.361 e. The van der Waals surface area contributed by atoms with E-state index >= 15 is 0 Å². The van der Waals surface area contributed by atoms with Crippen LogP contribution in [0.1, 0.15) is 48.0 Å². The van der Waals surface area contributed by atoms with Gasteiger partial charge in [0.25, 0.3) is 0 Å². The molecule has 1 aliphatic heterocycles. The maximum absolute atomic E-state index is 12.6. The van der Waals surface area contributed by atoms with Gasteiger partial charge in [0.1, 0.15) is 5.76 Å². The number of nitrogens with zero attached hydrogens (tertiary/aromatic N) is 4. The summed E-state index contributed by atoms with van der Waals surface area (Å²) in [6, 6.07) is -0.0684. The van der Waals surface area contributed by atoms with Crippen LogP contribution in [0, 0.1) is 26.7 Å². The average Bonchev–Trinajstić information content (AvgIpc) is 3.37. The molecule has 1 saturated carbocycles. The van der Waals surface area contributed by atoms with Crippen molar-refractivity contribution in [1.29, 1.82) is 0 Å². The van der Waals surface area contributed by atoms with Gasteiger partial charge in [-0.05, 0) is 46.0 Å². The fourth-order valence-corrected chi connectivity index (χ4v) is 5.83. The van der Waals surface area contributed by atoms with Crippen LogP contribution < -0.4 is 5.32 Å². The molecule has 0 bridgehead atoms. The second kappa shape index (κ2) is 7.45. The van der Waals surface area contributed by atoms with Crippen LogP contribution >= 0.6 is 0 Å². The summed E-state index contributed by atoms with van der Waals surface area (Å²) >= 11 is 0. The molecule has 2 fully saturated rings. The van der Waals surface area contributed by atoms with Crippen LogP contribution in [0.15, 0.2) is 9.05 Å². The topological polar surface area (TPSA) is 131 Å². The number of rotatable bonds is 6. The number of amides is 1. The highest BCUT2D eigenvalue weighted by molar-refractivity contribution is 7.88. The predicted octanol–water partition coefficient (Wildman–Crippen LogP) is 1.02. The summed E-state index contributed by atoms with van der Waals surface area (Å²) in [6.07, 6.45) is 3.37. The molecule has 11 heteroatoms. The minimum atomic E-state index is -3.33. The maximum Gasteiger partial charge on any atom is 0.234 e. The van der Waals surface area contributed by atoms with E-state index in [2.05, 4.69) is 20.6 Å². The van der Waals surface area contributed by atoms with Gasteiger partial charge >= 0.3 is 0 Å². The van der Waals surface area contributed by atoms with Gasteiger partial charge in [0.05, 0.1) is 17.4 Å². The summed E-state index contributed by atoms with van der Waals surface area (Å²) in [5.74, 6) is 1.69. The zero-order chi connectivity index (χ0) is 21.7. The van der Waals surface area contributed by atoms with Crippen molar-refractivity contribution in [3.63, 3.8) is 0 Å². The number of aromatic nitrogens is 3. The van der Waals surface area contributed by atoms with Crippen molar-refractivity contribution in [2.45, 2.75) is 57.9 Å². The molecular weight excluding hydrogens is 410 g/mol. The molecule has 0 aromatic carbocycles. The van der Waals surface area contributed by atoms with Crippen LogP contribution in [0.3, 0.4) is 0 Å². The lowest BCUT2D eigenvalue weighted by molar-refractivity contribution is -0.121. The minimum absolute atomic E-state index is 0.0138. The number of sulfonamides is 1. The number of hydrogen-bond acceptors (Lipinski definition) is 8. The first-order chi connectivity index (χ1) is 14.1. The third-order valence-corrected chi connectivity index (χ3v) is 7.63. The summed E-state index contributed by atoms with van der Waals surface area (Å²) in [4.78, 5) is 17.0. The molecule has 1 amide bonds. The summed E-state index contributed by atoms with van der Waals surface area (Å²) in [7, 11) is -3.33. The van der Waals surface area contributed by atoms with E-state index < -0.39 is 15.4 Å². The van der Waals surface area contributed by atoms with E-state index in [0.717, 1.165) is 17.0 Å². The van der Waals surface area contributed by atoms with Crippen LogP contribution in [0.2, 0.25) is 0 Å². The molecule has 1 aliphatic carbocycles. The Bertz CT molecular complexity index is 1040. The molecule has 0 spiro atoms. The van der Waals surface area contributed by atoms with E-state index in [1.165, 1.54) is 10.6 Å². The van der Waals surface area contributed by atoms with Crippen LogP contribution in [0.25, 0.3) is 0 Å². The Morgan fingerprint density at radius 2 is 2.03 bits per heavy atom. The number of hydrogen-bond donors (Lipinski definition) is 1. The third-order valence-electron chi connectivity index (χ3n) is 6.41. The van der Waals surface area contributed by atoms with Crippen molar-refractivity contribution in [2.75, 3.05) is 19.3 Å². The number of carbonyl (C=O) groups is 1. The second-order valence-corrected chi connectivity index (χ2v) is 10.5. The molecular formula is C19H27N5O5S. The Labute approximate surface area is 175 Å². The molecule has 0 radical (unpaired) electrons. The summed E-state index contributed by atoms with van der Waals surface area (Å²) in [6.45, 7) is 6.14. The van der Waals surface area contributed by atoms with Gasteiger partial charge in [-0.1, -0.05) is 10.3 Å². The van der Waals surface area contributed by atoms with Crippen LogP contribution in [0.4, 0.5) is 0 Å². The van der Waals surface area contributed by atoms with Crippen LogP contribution in [0.5, 0.6) is 0 Å². The van der Waals surface area contributed by atoms with Gasteiger partial charge in [0.2, 0.25) is 21.8 Å². The Morgan fingerprint density at radius 1 is 1.27 bits per heavy atom. The Hall–Kier alpha value is -2.27. The zero-order valence-corrected chi connectivity index (χ0v) is 18.5. The third kappa shape index (κ3) is 3.76. The number of nitrogens with one attached hydrogen (secondary N) is 1. The first kappa shape index (κ1) is 21.0. The van der Waals surface area contributed by atoms with E-state index in [-0.39, 0.29) is 17.9 Å². The highest BCUT2D eigenvalue weighted by Crippen LogP contribution is 2.50. The molecule has 3 heterocycles. The van der Waals surface area contributed by atoms with Gasteiger partial charge in [-0.3, -0.25) is 4.79 Å². The van der Waals surface area contributed by atoms with E-state index in [9.17, 15) is 13.2 Å². The molecule has 1 saturated heterocycles. The van der Waals surface area contributed by atoms with Crippen molar-refractivity contribution >= 4 is 15.9 Å². The molecule has 2 aromatic rings. The van der Waals surface area contributed by atoms with Crippen molar-refractivity contribution in [2.24, 2.45) is 5.92 Å². The van der Waals surface area contributed by atoms with Crippen molar-refractivity contribution in [3.05, 3.63) is 28.7 Å². The molecule has 2 aromatic heterocycles. The van der Waals surface area contributed by atoms with Crippen molar-refractivity contribution in [3.8, 4) is 0 Å². The fourth-order valence-electron chi connectivity index (χ4n) is 4.92. The number of aryl methyl sites for hydroxylation is 3. The summed E-state index contributed by atoms with van der Waals surface area (Å²) in [5.41, 5.74) is 1.21. The van der Waals surface area contributed by atoms with Crippen molar-refractivity contribution in [1.82, 2.24) is 24.9 Å². The van der Waals surface area contributed by atoms with Crippen LogP contribution in [-0.2, 0) is 26.7 Å². The fraction of sp³-hybridized carbons (Fsp3) is 0.684. The maximum atomic E-state index is 12.6. The highest BCUT2D eigenvalue weighted by atomic mass is 32.2. The van der Waals surface area contributed by atoms with Gasteiger partial charge in [-0.2, -0.15) is 4.98 Å². The van der Waals surface area contributed by atoms with Gasteiger partial charge < -0.3 is 14.4 Å². The van der Waals surface area contributed by atoms with Crippen molar-refractivity contribution < 1.29 is 22.3 Å². The van der Waals surface area contributed by atoms with E-state index in [1.54, 1.807) is 6.92 Å². The number of fused-ring (bicyclic) bond motifs is 1. The molecule has 3 atom stereocenters. The molecule has 2 aliphatic rings. The lowest BCUT2D eigenvalue weighted by Crippen LogP contribution is -2.39. The minimum Gasteiger partial charge on any atom is -0.361 e. The van der Waals surface area contributed by atoms with E-state index in [0.29, 0.717) is 50.5 Å². The Kier molecular flexibility index (Phi) is 5.21. The molecule has 4 rings (SSSR count). The highest BCUT2D eigenvalue weighted by Gasteiger charge is 2.58. The monoisotopic (exact) mass is 437 g/mol. The predicted molar refractivity (Wildman–Crippen MR) is 106 cm³/mol. The first-order valence-corrected chi connectivity index (χ1v) is 11.9. The smallest absolute Gasteiger partial charge is 0.234 e. The molecule has 1 N–H and O–H groups in total. The second-order valence-electron chi connectivity index (χ2n) is 8.56. The van der Waals surface area contributed by atoms with E-state index in [1.807, 2.05) is 13.8 Å². The Balaban J connectivity index is 1.46. The first-order valence-electron chi connectivity index (χ1n) is 10.1. The van der Waals surface area contributed by atoms with Gasteiger partial charge in [0.15, 0.2) is 5.82 Å². The standard InChI is InChI=1S/C19H27N5O5S/c1-11-16(12(2)28-22-11)5-6-17(25)21-15-7-14-9-24(30(4,26)27)10-19(14,8-15)18-20-13(3)23-29-18/h14-15H,5-10H2,1-4H3,(H,21,25)/t14?,15-,19+/m1/s1. The lowest BCUT2D eigenvalue weighted by atomic mass is 9.80. The molecule has 1 unspecified atom stereocenters. The Morgan fingerprint density at radius 3 is 2.63 bits per heavy atom. The quantitative estimate of drug-likeness (QED) is 0.709.